The lowest BCUT2D eigenvalue weighted by Crippen LogP contribution is -2.35. The topological polar surface area (TPSA) is 71.5 Å². The zero-order valence-electron chi connectivity index (χ0n) is 15.1. The summed E-state index contributed by atoms with van der Waals surface area (Å²) in [5, 5.41) is 0. The van der Waals surface area contributed by atoms with E-state index in [1.165, 1.54) is 24.3 Å². The summed E-state index contributed by atoms with van der Waals surface area (Å²) in [4.78, 5) is 2.08. The van der Waals surface area contributed by atoms with Crippen LogP contribution >= 0.6 is 0 Å². The van der Waals surface area contributed by atoms with Gasteiger partial charge in [0.25, 0.3) is 0 Å². The molecule has 0 heterocycles. The van der Waals surface area contributed by atoms with E-state index in [1.54, 1.807) is 36.4 Å². The van der Waals surface area contributed by atoms with Crippen molar-refractivity contribution in [2.24, 2.45) is 0 Å². The summed E-state index contributed by atoms with van der Waals surface area (Å²) >= 11 is 0. The second-order valence-electron chi connectivity index (χ2n) is 5.96. The van der Waals surface area contributed by atoms with Crippen LogP contribution in [0.2, 0.25) is 0 Å². The third-order valence-electron chi connectivity index (χ3n) is 4.41. The van der Waals surface area contributed by atoms with Gasteiger partial charge in [-0.1, -0.05) is 50.2 Å². The second-order valence-corrected chi connectivity index (χ2v) is 10.5. The molecule has 0 saturated carbocycles. The molecule has 0 aromatic heterocycles. The molecule has 0 atom stereocenters. The molecule has 26 heavy (non-hydrogen) atoms. The first-order valence-electron chi connectivity index (χ1n) is 8.64. The van der Waals surface area contributed by atoms with Gasteiger partial charge in [0.2, 0.25) is 0 Å². The molecule has 0 aliphatic rings. The van der Waals surface area contributed by atoms with E-state index in [0.717, 1.165) is 13.1 Å². The van der Waals surface area contributed by atoms with Crippen LogP contribution in [-0.2, 0) is 19.7 Å². The fraction of sp³-hybridized carbons (Fsp3) is 0.368. The molecule has 2 aromatic carbocycles. The Bertz CT molecular complexity index is 822. The number of benzene rings is 2. The van der Waals surface area contributed by atoms with Gasteiger partial charge < -0.3 is 4.90 Å². The van der Waals surface area contributed by atoms with Gasteiger partial charge in [0.1, 0.15) is 0 Å². The minimum Gasteiger partial charge on any atom is -0.304 e. The lowest BCUT2D eigenvalue weighted by atomic mass is 10.4. The average molecular weight is 396 g/mol. The van der Waals surface area contributed by atoms with Gasteiger partial charge in [-0.25, -0.2) is 16.8 Å². The van der Waals surface area contributed by atoms with Gasteiger partial charge in [-0.2, -0.15) is 0 Å². The number of hydrogen-bond acceptors (Lipinski definition) is 5. The van der Waals surface area contributed by atoms with Crippen LogP contribution in [-0.4, -0.2) is 46.0 Å². The molecule has 0 unspecified atom stereocenters. The van der Waals surface area contributed by atoms with Crippen molar-refractivity contribution in [3.05, 3.63) is 60.7 Å². The summed E-state index contributed by atoms with van der Waals surface area (Å²) in [6.07, 6.45) is 0.0239. The smallest absolute Gasteiger partial charge is 0.196 e. The molecule has 0 aliphatic carbocycles. The Balaban J connectivity index is 2.49. The lowest BCUT2D eigenvalue weighted by Gasteiger charge is -2.23. The maximum absolute atomic E-state index is 13.1. The van der Waals surface area contributed by atoms with Crippen molar-refractivity contribution in [2.45, 2.75) is 34.6 Å². The first kappa shape index (κ1) is 20.6. The fourth-order valence-corrected chi connectivity index (χ4v) is 7.34. The number of sulfone groups is 2. The van der Waals surface area contributed by atoms with Gasteiger partial charge in [-0.3, -0.25) is 0 Å². The minimum atomic E-state index is -4.03. The van der Waals surface area contributed by atoms with Crippen LogP contribution in [0, 0.1) is 0 Å². The summed E-state index contributed by atoms with van der Waals surface area (Å²) in [6.45, 7) is 5.81. The molecule has 7 heteroatoms. The van der Waals surface area contributed by atoms with Crippen molar-refractivity contribution in [2.75, 3.05) is 19.6 Å². The van der Waals surface area contributed by atoms with Crippen LogP contribution in [0.4, 0.5) is 0 Å². The Hall–Kier alpha value is -1.70. The number of hydrogen-bond donors (Lipinski definition) is 0. The molecule has 0 spiro atoms. The van der Waals surface area contributed by atoms with Crippen molar-refractivity contribution < 1.29 is 16.8 Å². The van der Waals surface area contributed by atoms with E-state index in [0.29, 0.717) is 6.54 Å². The van der Waals surface area contributed by atoms with Gasteiger partial charge in [-0.05, 0) is 43.8 Å². The van der Waals surface area contributed by atoms with E-state index in [-0.39, 0.29) is 16.2 Å². The van der Waals surface area contributed by atoms with E-state index in [2.05, 4.69) is 0 Å². The van der Waals surface area contributed by atoms with Crippen LogP contribution in [0.25, 0.3) is 0 Å². The van der Waals surface area contributed by atoms with Crippen LogP contribution in [0.5, 0.6) is 0 Å². The monoisotopic (exact) mass is 395 g/mol. The minimum absolute atomic E-state index is 0.0239. The molecule has 0 bridgehead atoms. The summed E-state index contributed by atoms with van der Waals surface area (Å²) < 4.78 is 51.1. The average Bonchev–Trinajstić information content (AvgIpc) is 2.66. The maximum Gasteiger partial charge on any atom is 0.196 e. The Morgan fingerprint density at radius 2 is 1.12 bits per heavy atom. The molecule has 2 aromatic rings. The van der Waals surface area contributed by atoms with Crippen molar-refractivity contribution in [1.82, 2.24) is 4.90 Å². The SMILES string of the molecule is CCN(CC)CCC(S(=O)(=O)c1ccccc1)S(=O)(=O)c1ccccc1. The van der Waals surface area contributed by atoms with Gasteiger partial charge >= 0.3 is 0 Å². The molecule has 2 rings (SSSR count). The predicted molar refractivity (Wildman–Crippen MR) is 103 cm³/mol. The van der Waals surface area contributed by atoms with E-state index in [9.17, 15) is 16.8 Å². The molecule has 0 saturated heterocycles. The van der Waals surface area contributed by atoms with E-state index in [4.69, 9.17) is 0 Å². The molecular formula is C19H25NO4S2. The maximum atomic E-state index is 13.1. The van der Waals surface area contributed by atoms with E-state index >= 15 is 0 Å². The Labute approximate surface area is 156 Å². The highest BCUT2D eigenvalue weighted by Gasteiger charge is 2.39. The fourth-order valence-electron chi connectivity index (χ4n) is 2.83. The molecule has 0 amide bonds. The normalized spacial score (nSPS) is 12.6. The van der Waals surface area contributed by atoms with E-state index in [1.807, 2.05) is 18.7 Å². The number of nitrogens with zero attached hydrogens (tertiary/aromatic N) is 1. The zero-order chi connectivity index (χ0) is 19.2. The van der Waals surface area contributed by atoms with Crippen molar-refractivity contribution in [3.63, 3.8) is 0 Å². The van der Waals surface area contributed by atoms with Crippen molar-refractivity contribution in [3.8, 4) is 0 Å². The quantitative estimate of drug-likeness (QED) is 0.653. The lowest BCUT2D eigenvalue weighted by molar-refractivity contribution is 0.302. The summed E-state index contributed by atoms with van der Waals surface area (Å²) in [5.74, 6) is 0. The highest BCUT2D eigenvalue weighted by Crippen LogP contribution is 2.28. The molecular weight excluding hydrogens is 370 g/mol. The first-order valence-corrected chi connectivity index (χ1v) is 11.7. The second kappa shape index (κ2) is 8.79. The Morgan fingerprint density at radius 1 is 0.731 bits per heavy atom. The Kier molecular flexibility index (Phi) is 6.97. The molecule has 0 N–H and O–H groups in total. The van der Waals surface area contributed by atoms with Gasteiger partial charge in [-0.15, -0.1) is 0 Å². The van der Waals surface area contributed by atoms with Crippen LogP contribution in [0.1, 0.15) is 20.3 Å². The summed E-state index contributed by atoms with van der Waals surface area (Å²) in [7, 11) is -8.07. The third kappa shape index (κ3) is 4.52. The summed E-state index contributed by atoms with van der Waals surface area (Å²) in [6, 6.07) is 15.6. The summed E-state index contributed by atoms with van der Waals surface area (Å²) in [5.41, 5.74) is 0. The highest BCUT2D eigenvalue weighted by molar-refractivity contribution is 8.09. The molecule has 0 radical (unpaired) electrons. The Morgan fingerprint density at radius 3 is 1.46 bits per heavy atom. The first-order chi connectivity index (χ1) is 12.3. The van der Waals surface area contributed by atoms with Crippen molar-refractivity contribution in [1.29, 1.82) is 0 Å². The number of rotatable bonds is 9. The zero-order valence-corrected chi connectivity index (χ0v) is 16.7. The van der Waals surface area contributed by atoms with E-state index < -0.39 is 24.3 Å². The molecule has 0 fully saturated rings. The van der Waals surface area contributed by atoms with Crippen LogP contribution < -0.4 is 0 Å². The largest absolute Gasteiger partial charge is 0.304 e. The van der Waals surface area contributed by atoms with Gasteiger partial charge in [0.05, 0.1) is 9.79 Å². The molecule has 142 valence electrons. The standard InChI is InChI=1S/C19H25NO4S2/c1-3-20(4-2)16-15-19(25(21,22)17-11-7-5-8-12-17)26(23,24)18-13-9-6-10-14-18/h5-14,19H,3-4,15-16H2,1-2H3. The van der Waals surface area contributed by atoms with Crippen molar-refractivity contribution >= 4 is 19.7 Å². The molecule has 5 nitrogen and oxygen atoms in total. The van der Waals surface area contributed by atoms with Crippen LogP contribution in [0.3, 0.4) is 0 Å². The van der Waals surface area contributed by atoms with Crippen LogP contribution in [0.15, 0.2) is 70.5 Å². The highest BCUT2D eigenvalue weighted by atomic mass is 32.3. The van der Waals surface area contributed by atoms with Gasteiger partial charge in [0, 0.05) is 6.54 Å². The predicted octanol–water partition coefficient (Wildman–Crippen LogP) is 2.99. The third-order valence-corrected chi connectivity index (χ3v) is 9.65. The van der Waals surface area contributed by atoms with Gasteiger partial charge in [0.15, 0.2) is 24.3 Å². The molecule has 0 aliphatic heterocycles.